The number of ether oxygens (including phenoxy) is 1. The average Bonchev–Trinajstić information content (AvgIpc) is 2.98. The van der Waals surface area contributed by atoms with Crippen molar-refractivity contribution in [2.75, 3.05) is 20.3 Å². The maximum atomic E-state index is 5.19. The predicted octanol–water partition coefficient (Wildman–Crippen LogP) is 2.66. The van der Waals surface area contributed by atoms with E-state index < -0.39 is 0 Å². The van der Waals surface area contributed by atoms with Crippen LogP contribution in [0, 0.1) is 0 Å². The Morgan fingerprint density at radius 1 is 1.38 bits per heavy atom. The van der Waals surface area contributed by atoms with Gasteiger partial charge in [0, 0.05) is 31.5 Å². The van der Waals surface area contributed by atoms with Gasteiger partial charge in [-0.1, -0.05) is 24.2 Å². The summed E-state index contributed by atoms with van der Waals surface area (Å²) in [6.45, 7) is 4.45. The zero-order valence-corrected chi connectivity index (χ0v) is 13.3. The molecule has 0 spiro atoms. The highest BCUT2D eigenvalue weighted by atomic mass is 32.2. The first-order valence-electron chi connectivity index (χ1n) is 7.04. The molecule has 0 saturated carbocycles. The third-order valence-electron chi connectivity index (χ3n) is 2.90. The van der Waals surface area contributed by atoms with Crippen molar-refractivity contribution in [3.63, 3.8) is 0 Å². The predicted molar refractivity (Wildman–Crippen MR) is 83.3 cm³/mol. The van der Waals surface area contributed by atoms with E-state index in [-0.39, 0.29) is 0 Å². The molecule has 0 aliphatic rings. The third kappa shape index (κ3) is 5.49. The van der Waals surface area contributed by atoms with Crippen molar-refractivity contribution in [3.8, 4) is 0 Å². The van der Waals surface area contributed by atoms with Gasteiger partial charge in [-0.15, -0.1) is 11.8 Å². The Morgan fingerprint density at radius 3 is 3.05 bits per heavy atom. The summed E-state index contributed by atoms with van der Waals surface area (Å²) < 4.78 is 10.2. The van der Waals surface area contributed by atoms with Crippen LogP contribution in [0.4, 0.5) is 0 Å². The van der Waals surface area contributed by atoms with Gasteiger partial charge >= 0.3 is 0 Å². The highest BCUT2D eigenvalue weighted by molar-refractivity contribution is 7.98. The van der Waals surface area contributed by atoms with Crippen LogP contribution in [0.15, 0.2) is 33.7 Å². The summed E-state index contributed by atoms with van der Waals surface area (Å²) in [5.41, 5.74) is 1.26. The summed E-state index contributed by atoms with van der Waals surface area (Å²) in [6, 6.07) is 8.47. The highest BCUT2D eigenvalue weighted by Gasteiger charge is 2.05. The molecule has 0 fully saturated rings. The van der Waals surface area contributed by atoms with Crippen molar-refractivity contribution in [1.82, 2.24) is 15.5 Å². The first-order chi connectivity index (χ1) is 10.3. The Balaban J connectivity index is 1.82. The fourth-order valence-corrected chi connectivity index (χ4v) is 2.61. The minimum Gasteiger partial charge on any atom is -0.383 e. The van der Waals surface area contributed by atoms with Gasteiger partial charge in [0.05, 0.1) is 12.4 Å². The summed E-state index contributed by atoms with van der Waals surface area (Å²) in [4.78, 5) is 5.52. The summed E-state index contributed by atoms with van der Waals surface area (Å²) in [5.74, 6) is 2.15. The number of aryl methyl sites for hydroxylation is 1. The fraction of sp³-hybridized carbons (Fsp3) is 0.467. The summed E-state index contributed by atoms with van der Waals surface area (Å²) >= 11 is 1.71. The second-order valence-electron chi connectivity index (χ2n) is 4.56. The van der Waals surface area contributed by atoms with Crippen LogP contribution in [0.5, 0.6) is 0 Å². The van der Waals surface area contributed by atoms with Crippen molar-refractivity contribution in [1.29, 1.82) is 0 Å². The molecule has 2 rings (SSSR count). The monoisotopic (exact) mass is 307 g/mol. The van der Waals surface area contributed by atoms with E-state index >= 15 is 0 Å². The zero-order chi connectivity index (χ0) is 14.9. The number of hydrogen-bond acceptors (Lipinski definition) is 6. The molecule has 0 atom stereocenters. The van der Waals surface area contributed by atoms with Gasteiger partial charge in [-0.2, -0.15) is 4.98 Å². The SMILES string of the molecule is CCc1noc(CSc2cccc(CNCCOC)c2)n1. The van der Waals surface area contributed by atoms with E-state index in [1.54, 1.807) is 18.9 Å². The standard InChI is InChI=1S/C15H21N3O2S/c1-3-14-17-15(20-18-14)11-21-13-6-4-5-12(9-13)10-16-7-8-19-2/h4-6,9,16H,3,7-8,10-11H2,1-2H3. The molecule has 21 heavy (non-hydrogen) atoms. The second kappa shape index (κ2) is 8.81. The van der Waals surface area contributed by atoms with Crippen LogP contribution in [0.3, 0.4) is 0 Å². The van der Waals surface area contributed by atoms with Crippen LogP contribution in [0.1, 0.15) is 24.2 Å². The molecular weight excluding hydrogens is 286 g/mol. The second-order valence-corrected chi connectivity index (χ2v) is 5.61. The number of nitrogens with zero attached hydrogens (tertiary/aromatic N) is 2. The van der Waals surface area contributed by atoms with Crippen molar-refractivity contribution in [2.45, 2.75) is 30.5 Å². The van der Waals surface area contributed by atoms with Gasteiger partial charge in [-0.05, 0) is 17.7 Å². The smallest absolute Gasteiger partial charge is 0.237 e. The number of thioether (sulfide) groups is 1. The first-order valence-corrected chi connectivity index (χ1v) is 8.03. The fourth-order valence-electron chi connectivity index (χ4n) is 1.79. The topological polar surface area (TPSA) is 60.2 Å². The molecule has 0 saturated heterocycles. The molecule has 0 bridgehead atoms. The summed E-state index contributed by atoms with van der Waals surface area (Å²) in [7, 11) is 1.71. The molecule has 1 aromatic heterocycles. The summed E-state index contributed by atoms with van der Waals surface area (Å²) in [5, 5.41) is 7.24. The van der Waals surface area contributed by atoms with E-state index in [2.05, 4.69) is 39.7 Å². The minimum atomic E-state index is 0.681. The van der Waals surface area contributed by atoms with E-state index in [1.807, 2.05) is 6.92 Å². The lowest BCUT2D eigenvalue weighted by Gasteiger charge is -2.06. The molecule has 2 aromatic rings. The lowest BCUT2D eigenvalue weighted by atomic mass is 10.2. The molecule has 1 N–H and O–H groups in total. The maximum absolute atomic E-state index is 5.19. The molecule has 1 heterocycles. The van der Waals surface area contributed by atoms with Gasteiger partial charge in [-0.25, -0.2) is 0 Å². The Labute approximate surface area is 129 Å². The molecule has 6 heteroatoms. The van der Waals surface area contributed by atoms with Gasteiger partial charge in [0.1, 0.15) is 0 Å². The van der Waals surface area contributed by atoms with Gasteiger partial charge in [0.25, 0.3) is 0 Å². The van der Waals surface area contributed by atoms with E-state index in [4.69, 9.17) is 9.26 Å². The first kappa shape index (κ1) is 16.0. The average molecular weight is 307 g/mol. The minimum absolute atomic E-state index is 0.681. The molecule has 0 aliphatic heterocycles. The number of hydrogen-bond donors (Lipinski definition) is 1. The van der Waals surface area contributed by atoms with Crippen LogP contribution in [0.2, 0.25) is 0 Å². The van der Waals surface area contributed by atoms with Gasteiger partial charge in [0.15, 0.2) is 5.82 Å². The molecule has 114 valence electrons. The number of benzene rings is 1. The van der Waals surface area contributed by atoms with Crippen molar-refractivity contribution in [3.05, 3.63) is 41.5 Å². The van der Waals surface area contributed by atoms with Gasteiger partial charge in [-0.3, -0.25) is 0 Å². The highest BCUT2D eigenvalue weighted by Crippen LogP contribution is 2.23. The largest absolute Gasteiger partial charge is 0.383 e. The van der Waals surface area contributed by atoms with E-state index in [1.165, 1.54) is 10.5 Å². The van der Waals surface area contributed by atoms with Crippen LogP contribution < -0.4 is 5.32 Å². The number of nitrogens with one attached hydrogen (secondary N) is 1. The Bertz CT molecular complexity index is 545. The molecular formula is C15H21N3O2S. The Kier molecular flexibility index (Phi) is 6.72. The Hall–Kier alpha value is -1.37. The number of methoxy groups -OCH3 is 1. The van der Waals surface area contributed by atoms with Crippen molar-refractivity contribution in [2.24, 2.45) is 0 Å². The number of aromatic nitrogens is 2. The van der Waals surface area contributed by atoms with Crippen molar-refractivity contribution >= 4 is 11.8 Å². The third-order valence-corrected chi connectivity index (χ3v) is 3.88. The normalized spacial score (nSPS) is 11.0. The van der Waals surface area contributed by atoms with Crippen molar-refractivity contribution < 1.29 is 9.26 Å². The molecule has 1 aromatic carbocycles. The lowest BCUT2D eigenvalue weighted by Crippen LogP contribution is -2.18. The molecule has 0 unspecified atom stereocenters. The van der Waals surface area contributed by atoms with E-state index in [9.17, 15) is 0 Å². The van der Waals surface area contributed by atoms with E-state index in [0.29, 0.717) is 11.6 Å². The summed E-state index contributed by atoms with van der Waals surface area (Å²) in [6.07, 6.45) is 0.802. The van der Waals surface area contributed by atoms with Crippen LogP contribution >= 0.6 is 11.8 Å². The van der Waals surface area contributed by atoms with E-state index in [0.717, 1.165) is 31.9 Å². The van der Waals surface area contributed by atoms with Crippen LogP contribution in [0.25, 0.3) is 0 Å². The number of rotatable bonds is 9. The lowest BCUT2D eigenvalue weighted by molar-refractivity contribution is 0.199. The van der Waals surface area contributed by atoms with Crippen LogP contribution in [-0.4, -0.2) is 30.4 Å². The van der Waals surface area contributed by atoms with Gasteiger partial charge < -0.3 is 14.6 Å². The molecule has 0 radical (unpaired) electrons. The quantitative estimate of drug-likeness (QED) is 0.568. The molecule has 5 nitrogen and oxygen atoms in total. The van der Waals surface area contributed by atoms with Crippen LogP contribution in [-0.2, 0) is 23.5 Å². The van der Waals surface area contributed by atoms with Gasteiger partial charge in [0.2, 0.25) is 5.89 Å². The Morgan fingerprint density at radius 2 is 2.29 bits per heavy atom. The molecule has 0 aliphatic carbocycles. The maximum Gasteiger partial charge on any atom is 0.237 e. The molecule has 0 amide bonds. The zero-order valence-electron chi connectivity index (χ0n) is 12.5.